The molecule has 0 atom stereocenters. The second kappa shape index (κ2) is 7.89. The Balaban J connectivity index is 1.62. The first-order valence-electron chi connectivity index (χ1n) is 8.11. The third kappa shape index (κ3) is 4.32. The van der Waals surface area contributed by atoms with Crippen LogP contribution in [0.15, 0.2) is 53.3 Å². The first-order chi connectivity index (χ1) is 12.0. The largest absolute Gasteiger partial charge is 0.325 e. The number of amides is 1. The average Bonchev–Trinajstić information content (AvgIpc) is 2.91. The highest BCUT2D eigenvalue weighted by Crippen LogP contribution is 2.24. The van der Waals surface area contributed by atoms with Crippen LogP contribution in [0.3, 0.4) is 0 Å². The smallest absolute Gasteiger partial charge is 0.308 e. The fourth-order valence-corrected chi connectivity index (χ4v) is 4.48. The lowest BCUT2D eigenvalue weighted by Crippen LogP contribution is -2.15. The average molecular weight is 373 g/mol. The fourth-order valence-electron chi connectivity index (χ4n) is 2.64. The molecule has 2 aromatic carbocycles. The first-order valence-corrected chi connectivity index (χ1v) is 10.1. The fraction of sp³-hybridized carbons (Fsp3) is 0.263. The van der Waals surface area contributed by atoms with Gasteiger partial charge in [0.25, 0.3) is 0 Å². The number of nitrogens with one attached hydrogen (secondary N) is 1. The SMILES string of the molecule is CC(C)n1c(=O)sc2cc(NC(=O)CSCc3ccccc3)ccc21. The van der Waals surface area contributed by atoms with Crippen LogP contribution in [0, 0.1) is 0 Å². The molecule has 1 amide bonds. The van der Waals surface area contributed by atoms with Crippen LogP contribution in [-0.2, 0) is 10.5 Å². The zero-order chi connectivity index (χ0) is 17.8. The third-order valence-corrected chi connectivity index (χ3v) is 5.68. The van der Waals surface area contributed by atoms with Crippen LogP contribution >= 0.6 is 23.1 Å². The van der Waals surface area contributed by atoms with Crippen molar-refractivity contribution in [1.82, 2.24) is 4.57 Å². The summed E-state index contributed by atoms with van der Waals surface area (Å²) >= 11 is 2.80. The Bertz CT molecular complexity index is 929. The Kier molecular flexibility index (Phi) is 5.60. The molecular formula is C19H20N2O2S2. The highest BCUT2D eigenvalue weighted by molar-refractivity contribution is 7.99. The van der Waals surface area contributed by atoms with Crippen molar-refractivity contribution in [3.63, 3.8) is 0 Å². The molecule has 0 saturated carbocycles. The van der Waals surface area contributed by atoms with Crippen LogP contribution in [0.5, 0.6) is 0 Å². The number of hydrogen-bond donors (Lipinski definition) is 1. The van der Waals surface area contributed by atoms with Gasteiger partial charge >= 0.3 is 4.87 Å². The first kappa shape index (κ1) is 17.8. The molecule has 0 unspecified atom stereocenters. The van der Waals surface area contributed by atoms with E-state index in [2.05, 4.69) is 17.4 Å². The molecule has 0 aliphatic rings. The number of rotatable bonds is 6. The van der Waals surface area contributed by atoms with Gasteiger partial charge in [-0.15, -0.1) is 11.8 Å². The Hall–Kier alpha value is -2.05. The number of aromatic nitrogens is 1. The number of thiazole rings is 1. The molecule has 0 radical (unpaired) electrons. The van der Waals surface area contributed by atoms with Crippen LogP contribution in [0.25, 0.3) is 10.2 Å². The van der Waals surface area contributed by atoms with Crippen molar-refractivity contribution in [2.24, 2.45) is 0 Å². The molecule has 0 aliphatic heterocycles. The summed E-state index contributed by atoms with van der Waals surface area (Å²) in [5.41, 5.74) is 2.86. The summed E-state index contributed by atoms with van der Waals surface area (Å²) in [6.45, 7) is 3.99. The summed E-state index contributed by atoms with van der Waals surface area (Å²) < 4.78 is 2.68. The standard InChI is InChI=1S/C19H20N2O2S2/c1-13(2)21-16-9-8-15(10-17(16)25-19(21)23)20-18(22)12-24-11-14-6-4-3-5-7-14/h3-10,13H,11-12H2,1-2H3,(H,20,22). The molecule has 4 nitrogen and oxygen atoms in total. The molecule has 0 aliphatic carbocycles. The maximum absolute atomic E-state index is 12.1. The van der Waals surface area contributed by atoms with Crippen molar-refractivity contribution in [2.75, 3.05) is 11.1 Å². The summed E-state index contributed by atoms with van der Waals surface area (Å²) in [7, 11) is 0. The molecule has 25 heavy (non-hydrogen) atoms. The Morgan fingerprint density at radius 3 is 2.68 bits per heavy atom. The second-order valence-corrected chi connectivity index (χ2v) is 8.02. The Labute approximate surface area is 154 Å². The van der Waals surface area contributed by atoms with Gasteiger partial charge in [0.2, 0.25) is 5.91 Å². The summed E-state index contributed by atoms with van der Waals surface area (Å²) in [5, 5.41) is 2.91. The van der Waals surface area contributed by atoms with Crippen molar-refractivity contribution in [3.8, 4) is 0 Å². The van der Waals surface area contributed by atoms with Gasteiger partial charge in [0.05, 0.1) is 16.0 Å². The summed E-state index contributed by atoms with van der Waals surface area (Å²) in [6.07, 6.45) is 0. The summed E-state index contributed by atoms with van der Waals surface area (Å²) in [4.78, 5) is 24.2. The van der Waals surface area contributed by atoms with Gasteiger partial charge in [0.1, 0.15) is 0 Å². The minimum absolute atomic E-state index is 0.0316. The van der Waals surface area contributed by atoms with E-state index in [-0.39, 0.29) is 16.8 Å². The zero-order valence-electron chi connectivity index (χ0n) is 14.2. The molecule has 1 N–H and O–H groups in total. The van der Waals surface area contributed by atoms with Crippen molar-refractivity contribution >= 4 is 44.9 Å². The van der Waals surface area contributed by atoms with Gasteiger partial charge in [0, 0.05) is 17.5 Å². The van der Waals surface area contributed by atoms with E-state index in [0.29, 0.717) is 5.75 Å². The molecule has 0 spiro atoms. The highest BCUT2D eigenvalue weighted by atomic mass is 32.2. The Morgan fingerprint density at radius 1 is 1.20 bits per heavy atom. The molecule has 3 rings (SSSR count). The van der Waals surface area contributed by atoms with E-state index < -0.39 is 0 Å². The van der Waals surface area contributed by atoms with Crippen LogP contribution in [0.4, 0.5) is 5.69 Å². The molecule has 3 aromatic rings. The van der Waals surface area contributed by atoms with Crippen molar-refractivity contribution < 1.29 is 4.79 Å². The van der Waals surface area contributed by atoms with E-state index in [1.54, 1.807) is 16.3 Å². The lowest BCUT2D eigenvalue weighted by atomic mass is 10.2. The molecule has 130 valence electrons. The minimum atomic E-state index is -0.0316. The van der Waals surface area contributed by atoms with Crippen LogP contribution < -0.4 is 10.2 Å². The predicted octanol–water partition coefficient (Wildman–Crippen LogP) is 4.52. The van der Waals surface area contributed by atoms with Gasteiger partial charge < -0.3 is 5.32 Å². The maximum Gasteiger partial charge on any atom is 0.308 e. The lowest BCUT2D eigenvalue weighted by Gasteiger charge is -2.08. The maximum atomic E-state index is 12.1. The number of hydrogen-bond acceptors (Lipinski definition) is 4. The normalized spacial score (nSPS) is 11.2. The number of carbonyl (C=O) groups excluding carboxylic acids is 1. The third-order valence-electron chi connectivity index (χ3n) is 3.76. The highest BCUT2D eigenvalue weighted by Gasteiger charge is 2.11. The van der Waals surface area contributed by atoms with E-state index >= 15 is 0 Å². The van der Waals surface area contributed by atoms with Gasteiger partial charge in [-0.3, -0.25) is 14.2 Å². The number of anilines is 1. The zero-order valence-corrected chi connectivity index (χ0v) is 15.8. The van der Waals surface area contributed by atoms with Crippen LogP contribution in [0.1, 0.15) is 25.5 Å². The molecule has 0 fully saturated rings. The van der Waals surface area contributed by atoms with E-state index in [1.165, 1.54) is 16.9 Å². The van der Waals surface area contributed by atoms with E-state index in [9.17, 15) is 9.59 Å². The lowest BCUT2D eigenvalue weighted by molar-refractivity contribution is -0.113. The number of fused-ring (bicyclic) bond motifs is 1. The quantitative estimate of drug-likeness (QED) is 0.692. The molecule has 0 saturated heterocycles. The van der Waals surface area contributed by atoms with Gasteiger partial charge in [-0.2, -0.15) is 0 Å². The molecule has 1 heterocycles. The predicted molar refractivity (Wildman–Crippen MR) is 108 cm³/mol. The molecular weight excluding hydrogens is 352 g/mol. The Morgan fingerprint density at radius 2 is 1.96 bits per heavy atom. The number of benzene rings is 2. The monoisotopic (exact) mass is 372 g/mol. The van der Waals surface area contributed by atoms with Gasteiger partial charge in [-0.25, -0.2) is 0 Å². The molecule has 1 aromatic heterocycles. The van der Waals surface area contributed by atoms with E-state index in [0.717, 1.165) is 21.7 Å². The molecule has 6 heteroatoms. The summed E-state index contributed by atoms with van der Waals surface area (Å²) in [5.74, 6) is 1.18. The second-order valence-electron chi connectivity index (χ2n) is 6.04. The number of nitrogens with zero attached hydrogens (tertiary/aromatic N) is 1. The van der Waals surface area contributed by atoms with Crippen LogP contribution in [0.2, 0.25) is 0 Å². The van der Waals surface area contributed by atoms with E-state index in [4.69, 9.17) is 0 Å². The van der Waals surface area contributed by atoms with Crippen molar-refractivity contribution in [3.05, 3.63) is 63.8 Å². The molecule has 0 bridgehead atoms. The topological polar surface area (TPSA) is 51.1 Å². The van der Waals surface area contributed by atoms with Gasteiger partial charge in [-0.1, -0.05) is 41.7 Å². The van der Waals surface area contributed by atoms with Gasteiger partial charge in [-0.05, 0) is 37.6 Å². The minimum Gasteiger partial charge on any atom is -0.325 e. The van der Waals surface area contributed by atoms with Crippen molar-refractivity contribution in [2.45, 2.75) is 25.6 Å². The van der Waals surface area contributed by atoms with Gasteiger partial charge in [0.15, 0.2) is 0 Å². The van der Waals surface area contributed by atoms with Crippen LogP contribution in [-0.4, -0.2) is 16.2 Å². The number of carbonyl (C=O) groups is 1. The van der Waals surface area contributed by atoms with E-state index in [1.807, 2.05) is 50.2 Å². The summed E-state index contributed by atoms with van der Waals surface area (Å²) in [6, 6.07) is 15.8. The van der Waals surface area contributed by atoms with Crippen molar-refractivity contribution in [1.29, 1.82) is 0 Å². The number of thioether (sulfide) groups is 1.